The number of guanidine groups is 1. The van der Waals surface area contributed by atoms with Gasteiger partial charge in [-0.1, -0.05) is 12.8 Å². The Morgan fingerprint density at radius 3 is 2.32 bits per heavy atom. The van der Waals surface area contributed by atoms with Gasteiger partial charge in [0.05, 0.1) is 12.0 Å². The highest BCUT2D eigenvalue weighted by molar-refractivity contribution is 14.0. The van der Waals surface area contributed by atoms with Crippen molar-refractivity contribution in [3.8, 4) is 0 Å². The molecule has 0 aromatic heterocycles. The Morgan fingerprint density at radius 2 is 1.71 bits per heavy atom. The van der Waals surface area contributed by atoms with Gasteiger partial charge in [0.1, 0.15) is 0 Å². The first-order valence-corrected chi connectivity index (χ1v) is 10.5. The normalized spacial score (nSPS) is 20.6. The fourth-order valence-electron chi connectivity index (χ4n) is 3.77. The van der Waals surface area contributed by atoms with E-state index in [4.69, 9.17) is 0 Å². The van der Waals surface area contributed by atoms with Crippen molar-refractivity contribution >= 4 is 41.8 Å². The summed E-state index contributed by atoms with van der Waals surface area (Å²) >= 11 is 0. The molecule has 0 radical (unpaired) electrons. The van der Waals surface area contributed by atoms with Crippen LogP contribution in [0.1, 0.15) is 59.8 Å². The molecule has 1 unspecified atom stereocenters. The summed E-state index contributed by atoms with van der Waals surface area (Å²) in [5.74, 6) is 1.30. The van der Waals surface area contributed by atoms with Gasteiger partial charge < -0.3 is 20.9 Å². The second kappa shape index (κ2) is 11.8. The van der Waals surface area contributed by atoms with E-state index >= 15 is 0 Å². The van der Waals surface area contributed by atoms with Crippen molar-refractivity contribution in [1.29, 1.82) is 0 Å². The van der Waals surface area contributed by atoms with Crippen LogP contribution in [0, 0.1) is 11.3 Å². The highest BCUT2D eigenvalue weighted by Crippen LogP contribution is 2.27. The Kier molecular flexibility index (Phi) is 10.5. The van der Waals surface area contributed by atoms with E-state index < -0.39 is 5.41 Å². The molecule has 1 saturated carbocycles. The molecule has 1 aliphatic carbocycles. The number of nitrogens with zero attached hydrogens (tertiary/aromatic N) is 2. The fraction of sp³-hybridized carbons (Fsp3) is 0.850. The van der Waals surface area contributed by atoms with Gasteiger partial charge in [0.15, 0.2) is 5.96 Å². The summed E-state index contributed by atoms with van der Waals surface area (Å²) in [4.78, 5) is 31.4. The Balaban J connectivity index is 0.00000392. The smallest absolute Gasteiger partial charge is 0.227 e. The topological polar surface area (TPSA) is 85.8 Å². The van der Waals surface area contributed by atoms with Gasteiger partial charge in [0.2, 0.25) is 11.8 Å². The number of hydrogen-bond donors (Lipinski definition) is 3. The molecule has 1 saturated heterocycles. The molecule has 2 amide bonds. The molecule has 8 heteroatoms. The fourth-order valence-corrected chi connectivity index (χ4v) is 3.77. The van der Waals surface area contributed by atoms with E-state index in [-0.39, 0.29) is 41.8 Å². The van der Waals surface area contributed by atoms with Crippen LogP contribution in [0.15, 0.2) is 4.99 Å². The Labute approximate surface area is 186 Å². The van der Waals surface area contributed by atoms with Gasteiger partial charge in [-0.05, 0) is 47.0 Å². The van der Waals surface area contributed by atoms with Crippen molar-refractivity contribution in [2.45, 2.75) is 65.8 Å². The predicted octanol–water partition coefficient (Wildman–Crippen LogP) is 2.11. The van der Waals surface area contributed by atoms with Crippen LogP contribution in [-0.2, 0) is 9.59 Å². The molecular weight excluding hydrogens is 469 g/mol. The van der Waals surface area contributed by atoms with Crippen LogP contribution in [0.2, 0.25) is 0 Å². The van der Waals surface area contributed by atoms with Crippen LogP contribution in [0.5, 0.6) is 0 Å². The van der Waals surface area contributed by atoms with Gasteiger partial charge in [-0.15, -0.1) is 24.0 Å². The predicted molar refractivity (Wildman–Crippen MR) is 124 cm³/mol. The highest BCUT2D eigenvalue weighted by atomic mass is 127. The van der Waals surface area contributed by atoms with Crippen molar-refractivity contribution in [3.63, 3.8) is 0 Å². The quantitative estimate of drug-likeness (QED) is 0.280. The minimum atomic E-state index is -0.557. The van der Waals surface area contributed by atoms with Crippen LogP contribution in [-0.4, -0.2) is 61.4 Å². The lowest BCUT2D eigenvalue weighted by molar-refractivity contribution is -0.134. The SMILES string of the molecule is CCNC(=O)C(C)(C)CN=C(NCC)NC1CCN(C(=O)C2CCCC2)C1.I. The zero-order valence-electron chi connectivity index (χ0n) is 17.8. The molecule has 162 valence electrons. The lowest BCUT2D eigenvalue weighted by atomic mass is 9.92. The third-order valence-corrected chi connectivity index (χ3v) is 5.47. The second-order valence-electron chi connectivity index (χ2n) is 8.33. The third kappa shape index (κ3) is 7.08. The lowest BCUT2D eigenvalue weighted by Gasteiger charge is -2.23. The average Bonchev–Trinajstić information content (AvgIpc) is 3.31. The third-order valence-electron chi connectivity index (χ3n) is 5.47. The largest absolute Gasteiger partial charge is 0.357 e. The van der Waals surface area contributed by atoms with E-state index in [1.807, 2.05) is 32.6 Å². The summed E-state index contributed by atoms with van der Waals surface area (Å²) in [7, 11) is 0. The van der Waals surface area contributed by atoms with E-state index in [0.29, 0.717) is 19.0 Å². The van der Waals surface area contributed by atoms with Crippen LogP contribution in [0.4, 0.5) is 0 Å². The first-order valence-electron chi connectivity index (χ1n) is 10.5. The van der Waals surface area contributed by atoms with Crippen molar-refractivity contribution in [2.24, 2.45) is 16.3 Å². The summed E-state index contributed by atoms with van der Waals surface area (Å²) in [5, 5.41) is 9.57. The first-order chi connectivity index (χ1) is 12.9. The molecule has 1 aliphatic heterocycles. The number of nitrogens with one attached hydrogen (secondary N) is 3. The number of likely N-dealkylation sites (tertiary alicyclic amines) is 1. The monoisotopic (exact) mass is 507 g/mol. The number of carbonyl (C=O) groups excluding carboxylic acids is 2. The summed E-state index contributed by atoms with van der Waals surface area (Å²) in [5.41, 5.74) is -0.557. The van der Waals surface area contributed by atoms with Crippen molar-refractivity contribution < 1.29 is 9.59 Å². The van der Waals surface area contributed by atoms with E-state index in [1.54, 1.807) is 0 Å². The molecule has 28 heavy (non-hydrogen) atoms. The summed E-state index contributed by atoms with van der Waals surface area (Å²) in [6.45, 7) is 11.1. The molecule has 3 N–H and O–H groups in total. The Bertz CT molecular complexity index is 547. The van der Waals surface area contributed by atoms with Crippen molar-refractivity contribution in [2.75, 3.05) is 32.7 Å². The van der Waals surface area contributed by atoms with Gasteiger partial charge >= 0.3 is 0 Å². The molecule has 0 spiro atoms. The maximum atomic E-state index is 12.6. The molecule has 1 atom stereocenters. The minimum Gasteiger partial charge on any atom is -0.357 e. The number of halogens is 1. The van der Waals surface area contributed by atoms with Gasteiger partial charge in [-0.25, -0.2) is 0 Å². The van der Waals surface area contributed by atoms with Crippen LogP contribution >= 0.6 is 24.0 Å². The summed E-state index contributed by atoms with van der Waals surface area (Å²) in [6, 6.07) is 0.209. The lowest BCUT2D eigenvalue weighted by Crippen LogP contribution is -2.46. The second-order valence-corrected chi connectivity index (χ2v) is 8.33. The standard InChI is InChI=1S/C20H37N5O2.HI/c1-5-21-18(27)20(3,4)14-23-19(22-6-2)24-16-11-12-25(13-16)17(26)15-9-7-8-10-15;/h15-16H,5-14H2,1-4H3,(H,21,27)(H2,22,23,24);1H. The maximum absolute atomic E-state index is 12.6. The number of aliphatic imine (C=N–C) groups is 1. The van der Waals surface area contributed by atoms with Gasteiger partial charge in [-0.2, -0.15) is 0 Å². The molecule has 2 fully saturated rings. The summed E-state index contributed by atoms with van der Waals surface area (Å²) in [6.07, 6.45) is 5.40. The van der Waals surface area contributed by atoms with Crippen LogP contribution in [0.25, 0.3) is 0 Å². The van der Waals surface area contributed by atoms with E-state index in [9.17, 15) is 9.59 Å². The van der Waals surface area contributed by atoms with Crippen LogP contribution < -0.4 is 16.0 Å². The van der Waals surface area contributed by atoms with Crippen molar-refractivity contribution in [3.05, 3.63) is 0 Å². The molecule has 0 aromatic carbocycles. The van der Waals surface area contributed by atoms with E-state index in [2.05, 4.69) is 20.9 Å². The van der Waals surface area contributed by atoms with Gasteiger partial charge in [0.25, 0.3) is 0 Å². The van der Waals surface area contributed by atoms with E-state index in [0.717, 1.165) is 44.9 Å². The first kappa shape index (κ1) is 25.0. The number of amides is 2. The van der Waals surface area contributed by atoms with Gasteiger partial charge in [-0.3, -0.25) is 14.6 Å². The van der Waals surface area contributed by atoms with Crippen molar-refractivity contribution in [1.82, 2.24) is 20.9 Å². The highest BCUT2D eigenvalue weighted by Gasteiger charge is 2.33. The zero-order valence-corrected chi connectivity index (χ0v) is 20.2. The average molecular weight is 507 g/mol. The number of carbonyl (C=O) groups is 2. The molecular formula is C20H38IN5O2. The Hall–Kier alpha value is -1.06. The molecule has 2 aliphatic rings. The molecule has 0 aromatic rings. The Morgan fingerprint density at radius 1 is 1.07 bits per heavy atom. The van der Waals surface area contributed by atoms with E-state index in [1.165, 1.54) is 12.8 Å². The minimum absolute atomic E-state index is 0. The maximum Gasteiger partial charge on any atom is 0.227 e. The molecule has 0 bridgehead atoms. The molecule has 7 nitrogen and oxygen atoms in total. The number of rotatable bonds is 7. The molecule has 1 heterocycles. The van der Waals surface area contributed by atoms with Crippen LogP contribution in [0.3, 0.4) is 0 Å². The number of hydrogen-bond acceptors (Lipinski definition) is 3. The zero-order chi connectivity index (χ0) is 19.9. The van der Waals surface area contributed by atoms with Gasteiger partial charge in [0, 0.05) is 38.1 Å². The molecule has 2 rings (SSSR count). The summed E-state index contributed by atoms with van der Waals surface area (Å²) < 4.78 is 0.